The highest BCUT2D eigenvalue weighted by Crippen LogP contribution is 2.38. The van der Waals surface area contributed by atoms with Gasteiger partial charge >= 0.3 is 11.9 Å². The van der Waals surface area contributed by atoms with Crippen molar-refractivity contribution in [3.05, 3.63) is 72.9 Å². The summed E-state index contributed by atoms with van der Waals surface area (Å²) in [6.45, 7) is 3.78. The van der Waals surface area contributed by atoms with Crippen LogP contribution in [0.4, 0.5) is 0 Å². The van der Waals surface area contributed by atoms with Gasteiger partial charge in [0.15, 0.2) is 6.10 Å². The molecule has 0 saturated heterocycles. The van der Waals surface area contributed by atoms with E-state index < -0.39 is 44.7 Å². The number of phosphoric acid groups is 1. The molecule has 11 nitrogen and oxygen atoms in total. The highest BCUT2D eigenvalue weighted by Gasteiger charge is 2.21. The molecule has 0 aromatic carbocycles. The van der Waals surface area contributed by atoms with Crippen LogP contribution in [0.5, 0.6) is 0 Å². The molecule has 0 aliphatic rings. The lowest BCUT2D eigenvalue weighted by atomic mass is 10.0. The number of nitrogens with zero attached hydrogens (tertiary/aromatic N) is 1. The minimum absolute atomic E-state index is 0.0366. The van der Waals surface area contributed by atoms with Crippen LogP contribution < -0.4 is 4.89 Å². The van der Waals surface area contributed by atoms with Gasteiger partial charge in [0.05, 0.1) is 40.0 Å². The lowest BCUT2D eigenvalue weighted by Crippen LogP contribution is -2.37. The molecule has 0 heterocycles. The van der Waals surface area contributed by atoms with Gasteiger partial charge in [0, 0.05) is 12.8 Å². The number of allylic oxidation sites excluding steroid dienone is 8. The van der Waals surface area contributed by atoms with Crippen molar-refractivity contribution in [2.75, 3.05) is 47.5 Å². The molecule has 0 aliphatic carbocycles. The van der Waals surface area contributed by atoms with Crippen molar-refractivity contribution in [1.29, 1.82) is 0 Å². The van der Waals surface area contributed by atoms with Crippen LogP contribution in [0.2, 0.25) is 0 Å². The lowest BCUT2D eigenvalue weighted by Gasteiger charge is -2.28. The highest BCUT2D eigenvalue weighted by molar-refractivity contribution is 7.45. The second-order valence-corrected chi connectivity index (χ2v) is 16.8. The number of ether oxygens (including phenoxy) is 2. The standard InChI is InChI=1S/C45H78NO10P/c1-6-8-10-11-12-13-14-15-16-20-23-29-35-44(49)53-39-43(40-55-57(51,52)54-38-37-46(3,4)5)56-45(50)36-30-24-28-34-42(48)33-27-22-19-17-18-21-26-32-41(47)31-25-9-7-2/h9,18-19,21-22,25-28,32-34,41-43,47-48H,6-8,10-17,20,23-24,29-31,35-40H2,1-5H3/b21-18-,22-19-,25-9-,32-26+,33-27+,34-28-/t41-,42-,43+/m0/s1. The van der Waals surface area contributed by atoms with E-state index in [4.69, 9.17) is 18.5 Å². The van der Waals surface area contributed by atoms with Crippen LogP contribution in [0, 0.1) is 0 Å². The molecule has 0 spiro atoms. The molecule has 57 heavy (non-hydrogen) atoms. The molecular weight excluding hydrogens is 745 g/mol. The number of aliphatic hydroxyl groups is 2. The number of phosphoric ester groups is 1. The Labute approximate surface area is 345 Å². The maximum Gasteiger partial charge on any atom is 0.306 e. The third kappa shape index (κ3) is 40.0. The number of esters is 2. The molecule has 0 aromatic heterocycles. The quantitative estimate of drug-likeness (QED) is 0.0155. The van der Waals surface area contributed by atoms with Crippen molar-refractivity contribution in [2.45, 2.75) is 154 Å². The predicted octanol–water partition coefficient (Wildman–Crippen LogP) is 9.16. The molecule has 0 aliphatic heterocycles. The number of likely N-dealkylation sites (N-methyl/N-ethyl adjacent to an activating group) is 1. The Bertz CT molecular complexity index is 1240. The summed E-state index contributed by atoms with van der Waals surface area (Å²) in [6.07, 6.45) is 37.2. The van der Waals surface area contributed by atoms with Gasteiger partial charge in [-0.2, -0.15) is 0 Å². The second-order valence-electron chi connectivity index (χ2n) is 15.4. The minimum atomic E-state index is -4.68. The third-order valence-electron chi connectivity index (χ3n) is 8.67. The van der Waals surface area contributed by atoms with E-state index in [1.165, 1.54) is 51.4 Å². The van der Waals surface area contributed by atoms with E-state index in [1.54, 1.807) is 30.4 Å². The number of rotatable bonds is 37. The molecule has 0 aromatic rings. The van der Waals surface area contributed by atoms with Crippen LogP contribution in [0.25, 0.3) is 0 Å². The smallest absolute Gasteiger partial charge is 0.306 e. The van der Waals surface area contributed by atoms with Gasteiger partial charge in [-0.15, -0.1) is 0 Å². The van der Waals surface area contributed by atoms with E-state index in [0.29, 0.717) is 43.1 Å². The number of hydrogen-bond acceptors (Lipinski definition) is 10. The molecule has 12 heteroatoms. The Hall–Kier alpha value is -2.63. The Balaban J connectivity index is 4.66. The van der Waals surface area contributed by atoms with Crippen LogP contribution in [-0.2, 0) is 32.7 Å². The molecule has 328 valence electrons. The number of aliphatic hydroxyl groups excluding tert-OH is 2. The summed E-state index contributed by atoms with van der Waals surface area (Å²) in [4.78, 5) is 37.5. The first kappa shape index (κ1) is 54.4. The Kier molecular flexibility index (Phi) is 34.8. The monoisotopic (exact) mass is 824 g/mol. The fraction of sp³-hybridized carbons (Fsp3) is 0.689. The fourth-order valence-corrected chi connectivity index (χ4v) is 6.00. The zero-order chi connectivity index (χ0) is 42.5. The first-order valence-electron chi connectivity index (χ1n) is 21.4. The van der Waals surface area contributed by atoms with Gasteiger partial charge in [-0.25, -0.2) is 0 Å². The maximum absolute atomic E-state index is 12.7. The molecule has 0 saturated carbocycles. The molecule has 0 amide bonds. The van der Waals surface area contributed by atoms with E-state index in [1.807, 2.05) is 63.7 Å². The van der Waals surface area contributed by atoms with Crippen LogP contribution in [0.3, 0.4) is 0 Å². The van der Waals surface area contributed by atoms with Crippen LogP contribution in [0.15, 0.2) is 72.9 Å². The Morgan fingerprint density at radius 2 is 1.28 bits per heavy atom. The van der Waals surface area contributed by atoms with Crippen molar-refractivity contribution in [1.82, 2.24) is 0 Å². The van der Waals surface area contributed by atoms with Gasteiger partial charge in [-0.3, -0.25) is 14.2 Å². The van der Waals surface area contributed by atoms with Gasteiger partial charge < -0.3 is 38.1 Å². The van der Waals surface area contributed by atoms with Crippen molar-refractivity contribution in [3.8, 4) is 0 Å². The predicted molar refractivity (Wildman–Crippen MR) is 229 cm³/mol. The number of carbonyl (C=O) groups excluding carboxylic acids is 2. The highest BCUT2D eigenvalue weighted by atomic mass is 31.2. The molecule has 0 rings (SSSR count). The average Bonchev–Trinajstić information content (AvgIpc) is 3.15. The largest absolute Gasteiger partial charge is 0.756 e. The topological polar surface area (TPSA) is 152 Å². The van der Waals surface area contributed by atoms with Crippen molar-refractivity contribution in [2.24, 2.45) is 0 Å². The van der Waals surface area contributed by atoms with Gasteiger partial charge in [0.2, 0.25) is 0 Å². The van der Waals surface area contributed by atoms with Crippen LogP contribution in [-0.4, -0.2) is 92.5 Å². The van der Waals surface area contributed by atoms with Gasteiger partial charge in [0.25, 0.3) is 7.82 Å². The first-order chi connectivity index (χ1) is 27.3. The summed E-state index contributed by atoms with van der Waals surface area (Å²) in [7, 11) is 1.03. The van der Waals surface area contributed by atoms with E-state index in [-0.39, 0.29) is 26.1 Å². The van der Waals surface area contributed by atoms with Gasteiger partial charge in [0.1, 0.15) is 19.8 Å². The second kappa shape index (κ2) is 36.4. The van der Waals surface area contributed by atoms with Crippen molar-refractivity contribution in [3.63, 3.8) is 0 Å². The summed E-state index contributed by atoms with van der Waals surface area (Å²) in [5.41, 5.74) is 0. The number of quaternary nitrogens is 1. The summed E-state index contributed by atoms with van der Waals surface area (Å²) >= 11 is 0. The van der Waals surface area contributed by atoms with Crippen LogP contribution >= 0.6 is 7.82 Å². The zero-order valence-electron chi connectivity index (χ0n) is 36.0. The molecular formula is C45H78NO10P. The molecule has 0 fully saturated rings. The normalized spacial score (nSPS) is 15.4. The van der Waals surface area contributed by atoms with E-state index in [9.17, 15) is 29.3 Å². The van der Waals surface area contributed by atoms with Crippen molar-refractivity contribution >= 4 is 19.8 Å². The SMILES string of the molecule is CC/C=C\C[C@H](O)/C=C/C=C\C/C=C\C=C\[C@H](O)/C=C\CCCC(=O)O[C@H](COC(=O)CCCCCCCCCCCCCC)COP(=O)([O-])OCC[N+](C)(C)C. The van der Waals surface area contributed by atoms with E-state index in [0.717, 1.165) is 25.7 Å². The Morgan fingerprint density at radius 3 is 1.89 bits per heavy atom. The third-order valence-corrected chi connectivity index (χ3v) is 9.63. The summed E-state index contributed by atoms with van der Waals surface area (Å²) < 4.78 is 33.7. The minimum Gasteiger partial charge on any atom is -0.756 e. The lowest BCUT2D eigenvalue weighted by molar-refractivity contribution is -0.870. The number of unbranched alkanes of at least 4 members (excludes halogenated alkanes) is 12. The van der Waals surface area contributed by atoms with Gasteiger partial charge in [-0.05, 0) is 38.5 Å². The molecule has 0 radical (unpaired) electrons. The Morgan fingerprint density at radius 1 is 0.684 bits per heavy atom. The number of hydrogen-bond donors (Lipinski definition) is 2. The molecule has 1 unspecified atom stereocenters. The van der Waals surface area contributed by atoms with Gasteiger partial charge in [-0.1, -0.05) is 157 Å². The molecule has 4 atom stereocenters. The molecule has 0 bridgehead atoms. The summed E-state index contributed by atoms with van der Waals surface area (Å²) in [5, 5.41) is 20.0. The molecule has 2 N–H and O–H groups in total. The summed E-state index contributed by atoms with van der Waals surface area (Å²) in [5.74, 6) is -1.02. The first-order valence-corrected chi connectivity index (χ1v) is 22.8. The van der Waals surface area contributed by atoms with E-state index >= 15 is 0 Å². The number of carbonyl (C=O) groups is 2. The fourth-order valence-electron chi connectivity index (χ4n) is 5.28. The average molecular weight is 824 g/mol. The summed E-state index contributed by atoms with van der Waals surface area (Å²) in [6, 6.07) is 0. The van der Waals surface area contributed by atoms with E-state index in [2.05, 4.69) is 13.8 Å². The van der Waals surface area contributed by atoms with Crippen molar-refractivity contribution < 1.29 is 52.3 Å². The van der Waals surface area contributed by atoms with Crippen LogP contribution in [0.1, 0.15) is 136 Å². The maximum atomic E-state index is 12.7. The zero-order valence-corrected chi connectivity index (χ0v) is 36.9.